The van der Waals surface area contributed by atoms with Crippen molar-refractivity contribution in [2.24, 2.45) is 5.92 Å². The Bertz CT molecular complexity index is 721. The van der Waals surface area contributed by atoms with Gasteiger partial charge in [0.15, 0.2) is 0 Å². The SMILES string of the molecule is COC(=O)c1ccc(NC[C@@H]2CCO[C@H]2c2ccccc2)nc1OC. The Hall–Kier alpha value is -2.60. The summed E-state index contributed by atoms with van der Waals surface area (Å²) in [5, 5.41) is 3.32. The largest absolute Gasteiger partial charge is 0.480 e. The predicted octanol–water partition coefficient (Wildman–Crippen LogP) is 3.07. The standard InChI is InChI=1S/C19H22N2O4/c1-23-18-15(19(22)24-2)8-9-16(21-18)20-12-14-10-11-25-17(14)13-6-4-3-5-7-13/h3-9,14,17H,10-12H2,1-2H3,(H,20,21)/t14-,17-/m0/s1. The molecule has 6 nitrogen and oxygen atoms in total. The van der Waals surface area contributed by atoms with Gasteiger partial charge in [-0.3, -0.25) is 0 Å². The molecular weight excluding hydrogens is 320 g/mol. The molecule has 1 aromatic heterocycles. The molecule has 0 saturated carbocycles. The first-order chi connectivity index (χ1) is 12.2. The summed E-state index contributed by atoms with van der Waals surface area (Å²) >= 11 is 0. The Labute approximate surface area is 147 Å². The van der Waals surface area contributed by atoms with Crippen LogP contribution in [0.4, 0.5) is 5.82 Å². The molecule has 6 heteroatoms. The minimum absolute atomic E-state index is 0.0879. The van der Waals surface area contributed by atoms with Gasteiger partial charge in [-0.1, -0.05) is 30.3 Å². The lowest BCUT2D eigenvalue weighted by Crippen LogP contribution is -2.18. The number of nitrogens with zero attached hydrogens (tertiary/aromatic N) is 1. The van der Waals surface area contributed by atoms with Gasteiger partial charge in [0.1, 0.15) is 11.4 Å². The first-order valence-electron chi connectivity index (χ1n) is 8.26. The molecule has 2 heterocycles. The summed E-state index contributed by atoms with van der Waals surface area (Å²) in [6.07, 6.45) is 1.08. The van der Waals surface area contributed by atoms with E-state index in [9.17, 15) is 4.79 Å². The number of esters is 1. The Morgan fingerprint density at radius 3 is 2.76 bits per heavy atom. The van der Waals surface area contributed by atoms with E-state index in [0.29, 0.717) is 17.3 Å². The number of pyridine rings is 1. The highest BCUT2D eigenvalue weighted by Crippen LogP contribution is 2.34. The van der Waals surface area contributed by atoms with Crippen molar-refractivity contribution in [2.45, 2.75) is 12.5 Å². The normalized spacial score (nSPS) is 19.4. The van der Waals surface area contributed by atoms with Gasteiger partial charge in [-0.15, -0.1) is 0 Å². The predicted molar refractivity (Wildman–Crippen MR) is 93.9 cm³/mol. The Morgan fingerprint density at radius 2 is 2.04 bits per heavy atom. The van der Waals surface area contributed by atoms with Crippen LogP contribution in [0, 0.1) is 5.92 Å². The van der Waals surface area contributed by atoms with Crippen LogP contribution in [-0.2, 0) is 9.47 Å². The third kappa shape index (κ3) is 3.91. The van der Waals surface area contributed by atoms with Crippen LogP contribution in [0.1, 0.15) is 28.4 Å². The van der Waals surface area contributed by atoms with Gasteiger partial charge in [-0.25, -0.2) is 4.79 Å². The van der Waals surface area contributed by atoms with Gasteiger partial charge in [0.05, 0.1) is 20.3 Å². The quantitative estimate of drug-likeness (QED) is 0.814. The van der Waals surface area contributed by atoms with Gasteiger partial charge in [0, 0.05) is 19.1 Å². The number of ether oxygens (including phenoxy) is 3. The first kappa shape index (κ1) is 17.2. The summed E-state index contributed by atoms with van der Waals surface area (Å²) in [6.45, 7) is 1.48. The van der Waals surface area contributed by atoms with E-state index >= 15 is 0 Å². The molecule has 1 aliphatic rings. The molecular formula is C19H22N2O4. The van der Waals surface area contributed by atoms with Crippen LogP contribution in [0.3, 0.4) is 0 Å². The molecule has 2 aromatic rings. The number of benzene rings is 1. The maximum atomic E-state index is 11.7. The van der Waals surface area contributed by atoms with Gasteiger partial charge in [-0.05, 0) is 24.1 Å². The second-order valence-electron chi connectivity index (χ2n) is 5.88. The van der Waals surface area contributed by atoms with Crippen molar-refractivity contribution >= 4 is 11.8 Å². The molecule has 1 fully saturated rings. The number of carbonyl (C=O) groups is 1. The molecule has 1 saturated heterocycles. The van der Waals surface area contributed by atoms with Gasteiger partial charge in [0.25, 0.3) is 0 Å². The van der Waals surface area contributed by atoms with Gasteiger partial charge < -0.3 is 19.5 Å². The van der Waals surface area contributed by atoms with Crippen molar-refractivity contribution in [3.05, 3.63) is 53.6 Å². The fourth-order valence-electron chi connectivity index (χ4n) is 3.05. The average Bonchev–Trinajstić information content (AvgIpc) is 3.14. The molecule has 0 radical (unpaired) electrons. The summed E-state index contributed by atoms with van der Waals surface area (Å²) in [4.78, 5) is 16.0. The molecule has 0 amide bonds. The van der Waals surface area contributed by atoms with Crippen LogP contribution < -0.4 is 10.1 Å². The Kier molecular flexibility index (Phi) is 5.50. The summed E-state index contributed by atoms with van der Waals surface area (Å²) in [5.74, 6) is 0.794. The highest BCUT2D eigenvalue weighted by Gasteiger charge is 2.29. The highest BCUT2D eigenvalue weighted by atomic mass is 16.5. The van der Waals surface area contributed by atoms with E-state index in [0.717, 1.165) is 19.6 Å². The number of anilines is 1. The van der Waals surface area contributed by atoms with Crippen molar-refractivity contribution in [1.29, 1.82) is 0 Å². The molecule has 3 rings (SSSR count). The molecule has 1 aromatic carbocycles. The maximum absolute atomic E-state index is 11.7. The van der Waals surface area contributed by atoms with E-state index in [4.69, 9.17) is 14.2 Å². The van der Waals surface area contributed by atoms with Crippen molar-refractivity contribution in [2.75, 3.05) is 32.7 Å². The fourth-order valence-corrected chi connectivity index (χ4v) is 3.05. The van der Waals surface area contributed by atoms with E-state index < -0.39 is 5.97 Å². The van der Waals surface area contributed by atoms with E-state index in [2.05, 4.69) is 22.4 Å². The monoisotopic (exact) mass is 342 g/mol. The van der Waals surface area contributed by atoms with Crippen LogP contribution in [0.5, 0.6) is 5.88 Å². The molecule has 0 aliphatic carbocycles. The summed E-state index contributed by atoms with van der Waals surface area (Å²) in [5.41, 5.74) is 1.50. The van der Waals surface area contributed by atoms with Gasteiger partial charge in [0.2, 0.25) is 5.88 Å². The van der Waals surface area contributed by atoms with E-state index in [1.807, 2.05) is 18.2 Å². The minimum Gasteiger partial charge on any atom is -0.480 e. The third-order valence-corrected chi connectivity index (χ3v) is 4.35. The number of methoxy groups -OCH3 is 2. The third-order valence-electron chi connectivity index (χ3n) is 4.35. The van der Waals surface area contributed by atoms with Crippen LogP contribution >= 0.6 is 0 Å². The molecule has 1 N–H and O–H groups in total. The molecule has 132 valence electrons. The van der Waals surface area contributed by atoms with Crippen molar-refractivity contribution < 1.29 is 19.0 Å². The number of nitrogens with one attached hydrogen (secondary N) is 1. The lowest BCUT2D eigenvalue weighted by Gasteiger charge is -2.20. The van der Waals surface area contributed by atoms with E-state index in [-0.39, 0.29) is 12.0 Å². The second-order valence-corrected chi connectivity index (χ2v) is 5.88. The molecule has 1 aliphatic heterocycles. The molecule has 0 bridgehead atoms. The number of aromatic nitrogens is 1. The summed E-state index contributed by atoms with van der Waals surface area (Å²) in [6, 6.07) is 13.6. The van der Waals surface area contributed by atoms with Crippen LogP contribution in [-0.4, -0.2) is 38.3 Å². The highest BCUT2D eigenvalue weighted by molar-refractivity contribution is 5.92. The zero-order valence-electron chi connectivity index (χ0n) is 14.4. The molecule has 0 unspecified atom stereocenters. The molecule has 2 atom stereocenters. The lowest BCUT2D eigenvalue weighted by atomic mass is 9.95. The number of carbonyl (C=O) groups excluding carboxylic acids is 1. The Morgan fingerprint density at radius 1 is 1.24 bits per heavy atom. The van der Waals surface area contributed by atoms with Gasteiger partial charge in [-0.2, -0.15) is 4.98 Å². The van der Waals surface area contributed by atoms with Crippen LogP contribution in [0.15, 0.2) is 42.5 Å². The minimum atomic E-state index is -0.468. The molecule has 25 heavy (non-hydrogen) atoms. The fraction of sp³-hybridized carbons (Fsp3) is 0.368. The van der Waals surface area contributed by atoms with Crippen molar-refractivity contribution in [3.8, 4) is 5.88 Å². The maximum Gasteiger partial charge on any atom is 0.343 e. The number of hydrogen-bond acceptors (Lipinski definition) is 6. The van der Waals surface area contributed by atoms with Gasteiger partial charge >= 0.3 is 5.97 Å². The zero-order chi connectivity index (χ0) is 17.6. The molecule has 0 spiro atoms. The lowest BCUT2D eigenvalue weighted by molar-refractivity contribution is 0.0596. The van der Waals surface area contributed by atoms with Crippen molar-refractivity contribution in [1.82, 2.24) is 4.98 Å². The summed E-state index contributed by atoms with van der Waals surface area (Å²) < 4.78 is 15.8. The number of hydrogen-bond donors (Lipinski definition) is 1. The first-order valence-corrected chi connectivity index (χ1v) is 8.26. The van der Waals surface area contributed by atoms with E-state index in [1.54, 1.807) is 12.1 Å². The second kappa shape index (κ2) is 7.98. The number of rotatable bonds is 6. The summed E-state index contributed by atoms with van der Waals surface area (Å²) in [7, 11) is 2.81. The smallest absolute Gasteiger partial charge is 0.343 e. The average molecular weight is 342 g/mol. The zero-order valence-corrected chi connectivity index (χ0v) is 14.4. The van der Waals surface area contributed by atoms with Crippen molar-refractivity contribution in [3.63, 3.8) is 0 Å². The Balaban J connectivity index is 1.68. The van der Waals surface area contributed by atoms with Crippen LogP contribution in [0.25, 0.3) is 0 Å². The van der Waals surface area contributed by atoms with Crippen LogP contribution in [0.2, 0.25) is 0 Å². The van der Waals surface area contributed by atoms with E-state index in [1.165, 1.54) is 19.8 Å². The topological polar surface area (TPSA) is 69.7 Å².